The molecular weight excluding hydrogens is 320 g/mol. The van der Waals surface area contributed by atoms with Crippen LogP contribution in [0.5, 0.6) is 0 Å². The second-order valence-electron chi connectivity index (χ2n) is 5.51. The number of fused-ring (bicyclic) bond motifs is 1. The quantitative estimate of drug-likeness (QED) is 0.586. The molecule has 0 saturated carbocycles. The molecule has 0 bridgehead atoms. The zero-order valence-corrected chi connectivity index (χ0v) is 13.7. The van der Waals surface area contributed by atoms with Crippen molar-refractivity contribution in [1.29, 1.82) is 0 Å². The number of hydrogen-bond donors (Lipinski definition) is 2. The summed E-state index contributed by atoms with van der Waals surface area (Å²) in [6.07, 6.45) is 3.80. The molecule has 1 amide bonds. The van der Waals surface area contributed by atoms with Crippen molar-refractivity contribution in [2.24, 2.45) is 0 Å². The van der Waals surface area contributed by atoms with E-state index < -0.39 is 0 Å². The van der Waals surface area contributed by atoms with Gasteiger partial charge in [-0.05, 0) is 41.1 Å². The molecule has 1 aromatic carbocycles. The van der Waals surface area contributed by atoms with E-state index in [1.807, 2.05) is 52.8 Å². The van der Waals surface area contributed by atoms with Crippen LogP contribution in [0.15, 0.2) is 59.6 Å². The Labute approximate surface area is 142 Å². The summed E-state index contributed by atoms with van der Waals surface area (Å²) in [7, 11) is 0. The maximum atomic E-state index is 12.2. The summed E-state index contributed by atoms with van der Waals surface area (Å²) in [4.78, 5) is 15.4. The van der Waals surface area contributed by atoms with E-state index in [0.29, 0.717) is 18.7 Å². The van der Waals surface area contributed by atoms with Gasteiger partial charge in [0.05, 0.1) is 12.2 Å². The number of aromatic amines is 1. The topological polar surface area (TPSA) is 62.7 Å². The van der Waals surface area contributed by atoms with Crippen LogP contribution in [0.25, 0.3) is 22.2 Å². The SMILES string of the molecule is O=C(NCCn1ccc(-c2ccsc2)n1)c1ccc2cc[nH]c2c1. The fraction of sp³-hybridized carbons (Fsp3) is 0.111. The molecule has 0 aliphatic carbocycles. The number of aromatic nitrogens is 3. The van der Waals surface area contributed by atoms with Crippen molar-refractivity contribution in [3.05, 3.63) is 65.1 Å². The van der Waals surface area contributed by atoms with Gasteiger partial charge in [0.25, 0.3) is 5.91 Å². The molecule has 0 aliphatic rings. The molecule has 0 saturated heterocycles. The summed E-state index contributed by atoms with van der Waals surface area (Å²) in [5, 5.41) is 12.7. The van der Waals surface area contributed by atoms with E-state index in [-0.39, 0.29) is 5.91 Å². The van der Waals surface area contributed by atoms with E-state index in [9.17, 15) is 4.79 Å². The van der Waals surface area contributed by atoms with Crippen molar-refractivity contribution in [2.45, 2.75) is 6.54 Å². The average Bonchev–Trinajstić information content (AvgIpc) is 3.34. The predicted octanol–water partition coefficient (Wildman–Crippen LogP) is 3.52. The molecule has 0 spiro atoms. The third-order valence-electron chi connectivity index (χ3n) is 3.90. The standard InChI is InChI=1S/C18H16N4OS/c23-18(14-2-1-13-3-6-19-17(13)11-14)20-7-9-22-8-4-16(21-22)15-5-10-24-12-15/h1-6,8,10-12,19H,7,9H2,(H,20,23). The first-order chi connectivity index (χ1) is 11.8. The van der Waals surface area contributed by atoms with Crippen LogP contribution < -0.4 is 5.32 Å². The minimum absolute atomic E-state index is 0.0725. The Bertz CT molecular complexity index is 968. The van der Waals surface area contributed by atoms with Crippen molar-refractivity contribution in [3.63, 3.8) is 0 Å². The number of H-pyrrole nitrogens is 1. The van der Waals surface area contributed by atoms with Crippen molar-refractivity contribution in [3.8, 4) is 11.3 Å². The van der Waals surface area contributed by atoms with Crippen molar-refractivity contribution < 1.29 is 4.79 Å². The molecule has 4 aromatic rings. The third-order valence-corrected chi connectivity index (χ3v) is 4.58. The Balaban J connectivity index is 1.36. The van der Waals surface area contributed by atoms with E-state index in [1.54, 1.807) is 11.3 Å². The maximum absolute atomic E-state index is 12.2. The molecule has 0 atom stereocenters. The number of carbonyl (C=O) groups is 1. The number of thiophene rings is 1. The van der Waals surface area contributed by atoms with Crippen LogP contribution in [0.1, 0.15) is 10.4 Å². The number of rotatable bonds is 5. The number of nitrogens with zero attached hydrogens (tertiary/aromatic N) is 2. The van der Waals surface area contributed by atoms with Gasteiger partial charge in [-0.25, -0.2) is 0 Å². The lowest BCUT2D eigenvalue weighted by molar-refractivity contribution is 0.0952. The molecule has 3 heterocycles. The highest BCUT2D eigenvalue weighted by molar-refractivity contribution is 7.08. The van der Waals surface area contributed by atoms with Crippen molar-refractivity contribution >= 4 is 28.1 Å². The van der Waals surface area contributed by atoms with E-state index >= 15 is 0 Å². The van der Waals surface area contributed by atoms with Crippen LogP contribution in [0.3, 0.4) is 0 Å². The summed E-state index contributed by atoms with van der Waals surface area (Å²) in [6.45, 7) is 1.17. The number of benzene rings is 1. The van der Waals surface area contributed by atoms with Crippen LogP contribution >= 0.6 is 11.3 Å². The molecule has 0 unspecified atom stereocenters. The zero-order valence-electron chi connectivity index (χ0n) is 12.9. The Morgan fingerprint density at radius 1 is 1.25 bits per heavy atom. The van der Waals surface area contributed by atoms with Gasteiger partial charge in [-0.1, -0.05) is 6.07 Å². The predicted molar refractivity (Wildman–Crippen MR) is 96.2 cm³/mol. The lowest BCUT2D eigenvalue weighted by atomic mass is 10.1. The number of carbonyl (C=O) groups excluding carboxylic acids is 1. The third kappa shape index (κ3) is 2.96. The van der Waals surface area contributed by atoms with Gasteiger partial charge < -0.3 is 10.3 Å². The number of amides is 1. The highest BCUT2D eigenvalue weighted by Gasteiger charge is 2.07. The zero-order chi connectivity index (χ0) is 16.4. The number of hydrogen-bond acceptors (Lipinski definition) is 3. The fourth-order valence-corrected chi connectivity index (χ4v) is 3.28. The molecule has 6 heteroatoms. The lowest BCUT2D eigenvalue weighted by Crippen LogP contribution is -2.27. The monoisotopic (exact) mass is 336 g/mol. The normalized spacial score (nSPS) is 11.0. The molecule has 3 aromatic heterocycles. The van der Waals surface area contributed by atoms with Crippen molar-refractivity contribution in [2.75, 3.05) is 6.54 Å². The van der Waals surface area contributed by atoms with Gasteiger partial charge in [-0.2, -0.15) is 16.4 Å². The van der Waals surface area contributed by atoms with Crippen LogP contribution in [0, 0.1) is 0 Å². The highest BCUT2D eigenvalue weighted by Crippen LogP contribution is 2.19. The van der Waals surface area contributed by atoms with Gasteiger partial charge in [0.1, 0.15) is 0 Å². The molecule has 0 fully saturated rings. The molecule has 0 radical (unpaired) electrons. The van der Waals surface area contributed by atoms with E-state index in [2.05, 4.69) is 26.8 Å². The minimum atomic E-state index is -0.0725. The van der Waals surface area contributed by atoms with Crippen LogP contribution in [0.4, 0.5) is 0 Å². The fourth-order valence-electron chi connectivity index (χ4n) is 2.63. The maximum Gasteiger partial charge on any atom is 0.251 e. The molecular formula is C18H16N4OS. The Morgan fingerprint density at radius 3 is 3.08 bits per heavy atom. The van der Waals surface area contributed by atoms with Gasteiger partial charge in [-0.15, -0.1) is 0 Å². The van der Waals surface area contributed by atoms with Gasteiger partial charge in [0.2, 0.25) is 0 Å². The molecule has 24 heavy (non-hydrogen) atoms. The minimum Gasteiger partial charge on any atom is -0.361 e. The molecule has 4 rings (SSSR count). The van der Waals surface area contributed by atoms with Crippen LogP contribution in [0.2, 0.25) is 0 Å². The molecule has 120 valence electrons. The first-order valence-corrected chi connectivity index (χ1v) is 8.65. The second-order valence-corrected chi connectivity index (χ2v) is 6.29. The van der Waals surface area contributed by atoms with Crippen LogP contribution in [-0.4, -0.2) is 27.2 Å². The first-order valence-electron chi connectivity index (χ1n) is 7.71. The summed E-state index contributed by atoms with van der Waals surface area (Å²) in [5.41, 5.74) is 3.71. The molecule has 2 N–H and O–H groups in total. The Kier molecular flexibility index (Phi) is 3.88. The molecule has 0 aliphatic heterocycles. The first kappa shape index (κ1) is 14.7. The van der Waals surface area contributed by atoms with Gasteiger partial charge in [0.15, 0.2) is 0 Å². The molecule has 5 nitrogen and oxygen atoms in total. The van der Waals surface area contributed by atoms with Crippen LogP contribution in [-0.2, 0) is 6.54 Å². The van der Waals surface area contributed by atoms with E-state index in [4.69, 9.17) is 0 Å². The van der Waals surface area contributed by atoms with E-state index in [0.717, 1.165) is 22.2 Å². The lowest BCUT2D eigenvalue weighted by Gasteiger charge is -2.06. The summed E-state index contributed by atoms with van der Waals surface area (Å²) >= 11 is 1.66. The van der Waals surface area contributed by atoms with Crippen molar-refractivity contribution in [1.82, 2.24) is 20.1 Å². The van der Waals surface area contributed by atoms with E-state index in [1.165, 1.54) is 0 Å². The summed E-state index contributed by atoms with van der Waals surface area (Å²) < 4.78 is 1.85. The summed E-state index contributed by atoms with van der Waals surface area (Å²) in [6, 6.07) is 11.7. The smallest absolute Gasteiger partial charge is 0.251 e. The van der Waals surface area contributed by atoms with Gasteiger partial charge in [-0.3, -0.25) is 9.48 Å². The van der Waals surface area contributed by atoms with Gasteiger partial charge >= 0.3 is 0 Å². The number of nitrogens with one attached hydrogen (secondary N) is 2. The Hall–Kier alpha value is -2.86. The highest BCUT2D eigenvalue weighted by atomic mass is 32.1. The summed E-state index contributed by atoms with van der Waals surface area (Å²) in [5.74, 6) is -0.0725. The second kappa shape index (κ2) is 6.33. The average molecular weight is 336 g/mol. The largest absolute Gasteiger partial charge is 0.361 e. The Morgan fingerprint density at radius 2 is 2.21 bits per heavy atom. The van der Waals surface area contributed by atoms with Gasteiger partial charge in [0, 0.05) is 41.0 Å².